The Morgan fingerprint density at radius 3 is 0.932 bits per heavy atom. The third kappa shape index (κ3) is 59.7. The minimum atomic E-state index is -0.843. The molecule has 0 saturated heterocycles. The highest BCUT2D eigenvalue weighted by Gasteiger charge is 2.18. The zero-order valence-corrected chi connectivity index (χ0v) is 49.6. The van der Waals surface area contributed by atoms with Crippen LogP contribution in [0.3, 0.4) is 0 Å². The highest BCUT2D eigenvalue weighted by atomic mass is 16.5. The van der Waals surface area contributed by atoms with Crippen molar-refractivity contribution in [3.63, 3.8) is 0 Å². The summed E-state index contributed by atoms with van der Waals surface area (Å²) >= 11 is 0. The quantitative estimate of drug-likeness (QED) is 0.0320. The average Bonchev–Trinajstić information content (AvgIpc) is 3.39. The van der Waals surface area contributed by atoms with Crippen molar-refractivity contribution in [3.05, 3.63) is 12.2 Å². The number of carbonyl (C=O) groups is 2. The maximum Gasteiger partial charge on any atom is 0.305 e. The summed E-state index contributed by atoms with van der Waals surface area (Å²) in [5.74, 6) is -0.0450. The molecule has 2 atom stereocenters. The van der Waals surface area contributed by atoms with Gasteiger partial charge in [-0.05, 0) is 32.1 Å². The zero-order chi connectivity index (χ0) is 52.9. The van der Waals surface area contributed by atoms with Crippen LogP contribution in [0.1, 0.15) is 380 Å². The topological polar surface area (TPSA) is 95.9 Å². The van der Waals surface area contributed by atoms with Gasteiger partial charge >= 0.3 is 5.97 Å². The van der Waals surface area contributed by atoms with Crippen LogP contribution in [0.4, 0.5) is 0 Å². The lowest BCUT2D eigenvalue weighted by molar-refractivity contribution is -0.143. The van der Waals surface area contributed by atoms with Gasteiger partial charge < -0.3 is 20.3 Å². The summed E-state index contributed by atoms with van der Waals surface area (Å²) in [6.45, 7) is 4.94. The number of ether oxygens (including phenoxy) is 1. The molecular formula is C67H131NO5. The Labute approximate surface area is 457 Å². The molecule has 0 aromatic rings. The highest BCUT2D eigenvalue weighted by molar-refractivity contribution is 5.76. The van der Waals surface area contributed by atoms with Crippen LogP contribution in [0, 0.1) is 0 Å². The van der Waals surface area contributed by atoms with E-state index in [0.29, 0.717) is 19.4 Å². The van der Waals surface area contributed by atoms with Gasteiger partial charge in [0.25, 0.3) is 0 Å². The second-order valence-electron chi connectivity index (χ2n) is 23.2. The molecule has 0 bridgehead atoms. The molecule has 6 heteroatoms. The molecule has 0 rings (SSSR count). The SMILES string of the molecule is CCCCCCCCCCCCCCCCCC/C=C/C(O)C(CO)NC(=O)CCCCCCCCCCCCCCCCCCCCCCCCCCOC(=O)CCCCCCCCCCCCCCCC. The normalized spacial score (nSPS) is 12.5. The van der Waals surface area contributed by atoms with E-state index in [4.69, 9.17) is 4.74 Å². The molecule has 0 aliphatic carbocycles. The van der Waals surface area contributed by atoms with Crippen LogP contribution in [0.15, 0.2) is 12.2 Å². The zero-order valence-electron chi connectivity index (χ0n) is 49.6. The van der Waals surface area contributed by atoms with Gasteiger partial charge in [0, 0.05) is 12.8 Å². The summed E-state index contributed by atoms with van der Waals surface area (Å²) in [5.41, 5.74) is 0. The Kier molecular flexibility index (Phi) is 61.9. The number of esters is 1. The fourth-order valence-electron chi connectivity index (χ4n) is 10.7. The van der Waals surface area contributed by atoms with Crippen LogP contribution in [0.5, 0.6) is 0 Å². The van der Waals surface area contributed by atoms with Gasteiger partial charge in [0.2, 0.25) is 5.91 Å². The molecule has 0 aromatic heterocycles. The lowest BCUT2D eigenvalue weighted by Gasteiger charge is -2.20. The Morgan fingerprint density at radius 1 is 0.370 bits per heavy atom. The summed E-state index contributed by atoms with van der Waals surface area (Å²) in [5, 5.41) is 23.2. The molecule has 0 aromatic carbocycles. The molecule has 6 nitrogen and oxygen atoms in total. The van der Waals surface area contributed by atoms with E-state index in [1.165, 1.54) is 315 Å². The van der Waals surface area contributed by atoms with E-state index in [1.807, 2.05) is 6.08 Å². The van der Waals surface area contributed by atoms with E-state index in [-0.39, 0.29) is 18.5 Å². The third-order valence-corrected chi connectivity index (χ3v) is 15.8. The van der Waals surface area contributed by atoms with Crippen LogP contribution < -0.4 is 5.32 Å². The van der Waals surface area contributed by atoms with Crippen LogP contribution in [-0.2, 0) is 14.3 Å². The monoisotopic (exact) mass is 1030 g/mol. The minimum Gasteiger partial charge on any atom is -0.466 e. The van der Waals surface area contributed by atoms with Crippen molar-refractivity contribution in [2.45, 2.75) is 392 Å². The van der Waals surface area contributed by atoms with Gasteiger partial charge in [0.1, 0.15) is 0 Å². The number of nitrogens with one attached hydrogen (secondary N) is 1. The average molecular weight is 1030 g/mol. The van der Waals surface area contributed by atoms with Gasteiger partial charge in [0.15, 0.2) is 0 Å². The van der Waals surface area contributed by atoms with Crippen LogP contribution in [-0.4, -0.2) is 47.4 Å². The number of unbranched alkanes of at least 4 members (excludes halogenated alkanes) is 52. The van der Waals surface area contributed by atoms with Gasteiger partial charge in [-0.1, -0.05) is 347 Å². The lowest BCUT2D eigenvalue weighted by atomic mass is 10.0. The molecule has 3 N–H and O–H groups in total. The number of carbonyl (C=O) groups excluding carboxylic acids is 2. The summed E-state index contributed by atoms with van der Waals surface area (Å²) in [6, 6.07) is -0.626. The summed E-state index contributed by atoms with van der Waals surface area (Å²) in [6.07, 6.45) is 77.0. The molecule has 0 fully saturated rings. The first kappa shape index (κ1) is 71.6. The predicted octanol–water partition coefficient (Wildman–Crippen LogP) is 21.2. The standard InChI is InChI=1S/C67H131NO5/c1-3-5-7-9-11-13-15-17-19-20-29-32-35-39-43-47-51-55-59-65(70)64(63-69)68-66(71)60-56-52-48-44-40-36-33-30-27-25-23-21-22-24-26-28-31-34-38-42-46-50-54-58-62-73-67(72)61-57-53-49-45-41-37-18-16-14-12-10-8-6-4-2/h55,59,64-65,69-70H,3-54,56-58,60-63H2,1-2H3,(H,68,71)/b59-55+. The molecule has 0 aliphatic heterocycles. The van der Waals surface area contributed by atoms with Gasteiger partial charge in [-0.3, -0.25) is 9.59 Å². The van der Waals surface area contributed by atoms with Crippen molar-refractivity contribution in [3.8, 4) is 0 Å². The summed E-state index contributed by atoms with van der Waals surface area (Å²) in [4.78, 5) is 24.6. The third-order valence-electron chi connectivity index (χ3n) is 15.8. The maximum absolute atomic E-state index is 12.5. The first-order valence-corrected chi connectivity index (χ1v) is 33.5. The van der Waals surface area contributed by atoms with Gasteiger partial charge in [0.05, 0.1) is 25.4 Å². The summed E-state index contributed by atoms with van der Waals surface area (Å²) < 4.78 is 5.49. The van der Waals surface area contributed by atoms with Gasteiger partial charge in [-0.25, -0.2) is 0 Å². The molecular weight excluding hydrogens is 899 g/mol. The Bertz CT molecular complexity index is 1100. The number of allylic oxidation sites excluding steroid dienone is 1. The van der Waals surface area contributed by atoms with E-state index >= 15 is 0 Å². The van der Waals surface area contributed by atoms with Crippen molar-refractivity contribution in [1.29, 1.82) is 0 Å². The van der Waals surface area contributed by atoms with Crippen molar-refractivity contribution < 1.29 is 24.5 Å². The van der Waals surface area contributed by atoms with Crippen molar-refractivity contribution in [1.82, 2.24) is 5.32 Å². The first-order valence-electron chi connectivity index (χ1n) is 33.5. The smallest absolute Gasteiger partial charge is 0.305 e. The molecule has 1 amide bonds. The summed E-state index contributed by atoms with van der Waals surface area (Å²) in [7, 11) is 0. The predicted molar refractivity (Wildman–Crippen MR) is 320 cm³/mol. The number of rotatable bonds is 63. The highest BCUT2D eigenvalue weighted by Crippen LogP contribution is 2.19. The second-order valence-corrected chi connectivity index (χ2v) is 23.2. The Balaban J connectivity index is 3.38. The first-order chi connectivity index (χ1) is 36.0. The molecule has 2 unspecified atom stereocenters. The van der Waals surface area contributed by atoms with Crippen molar-refractivity contribution in [2.24, 2.45) is 0 Å². The van der Waals surface area contributed by atoms with Crippen LogP contribution in [0.25, 0.3) is 0 Å². The number of hydrogen-bond donors (Lipinski definition) is 3. The number of aliphatic hydroxyl groups excluding tert-OH is 2. The van der Waals surface area contributed by atoms with Crippen LogP contribution in [0.2, 0.25) is 0 Å². The fraction of sp³-hybridized carbons (Fsp3) is 0.940. The number of amides is 1. The lowest BCUT2D eigenvalue weighted by Crippen LogP contribution is -2.45. The minimum absolute atomic E-state index is 0.0181. The van der Waals surface area contributed by atoms with E-state index in [9.17, 15) is 19.8 Å². The molecule has 0 heterocycles. The molecule has 0 radical (unpaired) electrons. The molecule has 73 heavy (non-hydrogen) atoms. The number of aliphatic hydroxyl groups is 2. The van der Waals surface area contributed by atoms with E-state index in [2.05, 4.69) is 19.2 Å². The fourth-order valence-corrected chi connectivity index (χ4v) is 10.7. The van der Waals surface area contributed by atoms with Gasteiger partial charge in [-0.15, -0.1) is 0 Å². The Morgan fingerprint density at radius 2 is 0.630 bits per heavy atom. The number of hydrogen-bond acceptors (Lipinski definition) is 5. The van der Waals surface area contributed by atoms with Gasteiger partial charge in [-0.2, -0.15) is 0 Å². The molecule has 0 aliphatic rings. The van der Waals surface area contributed by atoms with E-state index in [1.54, 1.807) is 6.08 Å². The van der Waals surface area contributed by atoms with E-state index < -0.39 is 12.1 Å². The molecule has 0 spiro atoms. The molecule has 0 saturated carbocycles. The van der Waals surface area contributed by atoms with Crippen molar-refractivity contribution >= 4 is 11.9 Å². The van der Waals surface area contributed by atoms with E-state index in [0.717, 1.165) is 38.5 Å². The largest absolute Gasteiger partial charge is 0.466 e. The molecule has 434 valence electrons. The maximum atomic E-state index is 12.5. The second kappa shape index (κ2) is 63.1. The van der Waals surface area contributed by atoms with Crippen LogP contribution >= 0.6 is 0 Å². The van der Waals surface area contributed by atoms with Crippen molar-refractivity contribution in [2.75, 3.05) is 13.2 Å². The Hall–Kier alpha value is -1.40.